The van der Waals surface area contributed by atoms with E-state index < -0.39 is 6.10 Å². The number of allylic oxidation sites excluding steroid dienone is 2. The molecule has 0 bridgehead atoms. The molecular weight excluding hydrogens is 256 g/mol. The lowest BCUT2D eigenvalue weighted by Crippen LogP contribution is -2.49. The highest BCUT2D eigenvalue weighted by molar-refractivity contribution is 5.04. The number of ether oxygens (including phenoxy) is 2. The molecule has 1 rings (SSSR count). The zero-order chi connectivity index (χ0) is 15.3. The van der Waals surface area contributed by atoms with Gasteiger partial charge in [-0.15, -0.1) is 0 Å². The van der Waals surface area contributed by atoms with Gasteiger partial charge in [-0.25, -0.2) is 0 Å². The quantitative estimate of drug-likeness (QED) is 0.581. The zero-order valence-corrected chi connectivity index (χ0v) is 13.0. The van der Waals surface area contributed by atoms with E-state index in [1.54, 1.807) is 6.08 Å². The van der Waals surface area contributed by atoms with Gasteiger partial charge in [-0.3, -0.25) is 0 Å². The lowest BCUT2D eigenvalue weighted by atomic mass is 9.86. The van der Waals surface area contributed by atoms with E-state index in [9.17, 15) is 5.11 Å². The Balaban J connectivity index is 2.41. The largest absolute Gasteiger partial charge is 0.509 e. The van der Waals surface area contributed by atoms with Crippen molar-refractivity contribution in [3.05, 3.63) is 24.5 Å². The van der Waals surface area contributed by atoms with Gasteiger partial charge in [0.05, 0.1) is 18.3 Å². The highest BCUT2D eigenvalue weighted by atomic mass is 16.7. The molecule has 0 spiro atoms. The normalized spacial score (nSPS) is 36.1. The summed E-state index contributed by atoms with van der Waals surface area (Å²) in [7, 11) is 0. The summed E-state index contributed by atoms with van der Waals surface area (Å²) < 4.78 is 11.7. The summed E-state index contributed by atoms with van der Waals surface area (Å²) in [6, 6.07) is 0. The molecule has 0 radical (unpaired) electrons. The number of aliphatic hydroxyl groups is 2. The molecule has 1 heterocycles. The summed E-state index contributed by atoms with van der Waals surface area (Å²) in [6.45, 7) is 11.3. The van der Waals surface area contributed by atoms with Crippen LogP contribution in [0.4, 0.5) is 0 Å². The van der Waals surface area contributed by atoms with Crippen LogP contribution in [0.15, 0.2) is 24.5 Å². The summed E-state index contributed by atoms with van der Waals surface area (Å²) in [4.78, 5) is 0. The van der Waals surface area contributed by atoms with Gasteiger partial charge in [-0.2, -0.15) is 0 Å². The molecule has 0 aromatic heterocycles. The molecule has 4 nitrogen and oxygen atoms in total. The van der Waals surface area contributed by atoms with Gasteiger partial charge in [0.1, 0.15) is 5.76 Å². The van der Waals surface area contributed by atoms with E-state index in [0.717, 1.165) is 12.8 Å². The van der Waals surface area contributed by atoms with E-state index in [4.69, 9.17) is 14.6 Å². The zero-order valence-electron chi connectivity index (χ0n) is 13.0. The number of hydrogen-bond donors (Lipinski definition) is 2. The summed E-state index contributed by atoms with van der Waals surface area (Å²) in [5.74, 6) is 0.156. The standard InChI is InChI=1S/C16H28O4/c1-10(17)8-6-7-9-11(2)19-16-13(4)15(18)12(3)14(5)20-16/h6,8,11-18H,1,7,9H2,2-5H3/b8-6+/t11-,12-,13?,14+,15-,16?/m1/s1. The predicted molar refractivity (Wildman–Crippen MR) is 79.4 cm³/mol. The van der Waals surface area contributed by atoms with Gasteiger partial charge < -0.3 is 19.7 Å². The van der Waals surface area contributed by atoms with Gasteiger partial charge in [-0.1, -0.05) is 26.5 Å². The Morgan fingerprint density at radius 1 is 1.35 bits per heavy atom. The van der Waals surface area contributed by atoms with Gasteiger partial charge in [0, 0.05) is 11.8 Å². The molecule has 0 aromatic rings. The van der Waals surface area contributed by atoms with Gasteiger partial charge in [-0.05, 0) is 32.8 Å². The van der Waals surface area contributed by atoms with E-state index in [-0.39, 0.29) is 36.1 Å². The van der Waals surface area contributed by atoms with Crippen LogP contribution in [0.1, 0.15) is 40.5 Å². The van der Waals surface area contributed by atoms with Crippen LogP contribution < -0.4 is 0 Å². The molecule has 0 amide bonds. The van der Waals surface area contributed by atoms with Gasteiger partial charge in [0.25, 0.3) is 0 Å². The van der Waals surface area contributed by atoms with Crippen LogP contribution in [0, 0.1) is 11.8 Å². The minimum absolute atomic E-state index is 0.00370. The maximum atomic E-state index is 10.2. The summed E-state index contributed by atoms with van der Waals surface area (Å²) in [6.07, 6.45) is 4.36. The van der Waals surface area contributed by atoms with Crippen molar-refractivity contribution < 1.29 is 19.7 Å². The first-order valence-electron chi connectivity index (χ1n) is 7.36. The molecule has 0 aromatic carbocycles. The Hall–Kier alpha value is -0.840. The monoisotopic (exact) mass is 284 g/mol. The van der Waals surface area contributed by atoms with E-state index in [0.29, 0.717) is 0 Å². The predicted octanol–water partition coefficient (Wildman–Crippen LogP) is 3.18. The summed E-state index contributed by atoms with van der Waals surface area (Å²) >= 11 is 0. The Bertz CT molecular complexity index is 339. The third kappa shape index (κ3) is 4.93. The van der Waals surface area contributed by atoms with Crippen LogP contribution in [0.2, 0.25) is 0 Å². The maximum absolute atomic E-state index is 10.2. The molecule has 116 valence electrons. The van der Waals surface area contributed by atoms with E-state index >= 15 is 0 Å². The Labute approximate surface area is 122 Å². The molecule has 4 heteroatoms. The molecule has 1 saturated heterocycles. The van der Waals surface area contributed by atoms with E-state index in [1.807, 2.05) is 33.8 Å². The van der Waals surface area contributed by atoms with Crippen molar-refractivity contribution >= 4 is 0 Å². The molecule has 0 aliphatic carbocycles. The van der Waals surface area contributed by atoms with Crippen LogP contribution >= 0.6 is 0 Å². The van der Waals surface area contributed by atoms with Crippen molar-refractivity contribution in [3.63, 3.8) is 0 Å². The molecule has 0 saturated carbocycles. The Morgan fingerprint density at radius 2 is 2.00 bits per heavy atom. The average Bonchev–Trinajstić information content (AvgIpc) is 2.38. The van der Waals surface area contributed by atoms with Crippen molar-refractivity contribution in [3.8, 4) is 0 Å². The smallest absolute Gasteiger partial charge is 0.163 e. The molecule has 2 N–H and O–H groups in total. The van der Waals surface area contributed by atoms with Crippen molar-refractivity contribution in [1.29, 1.82) is 0 Å². The first-order valence-corrected chi connectivity index (χ1v) is 7.36. The Morgan fingerprint density at radius 3 is 2.60 bits per heavy atom. The number of rotatable bonds is 6. The van der Waals surface area contributed by atoms with Gasteiger partial charge >= 0.3 is 0 Å². The lowest BCUT2D eigenvalue weighted by molar-refractivity contribution is -0.270. The molecule has 2 unspecified atom stereocenters. The fraction of sp³-hybridized carbons (Fsp3) is 0.750. The number of aliphatic hydroxyl groups excluding tert-OH is 2. The van der Waals surface area contributed by atoms with E-state index in [2.05, 4.69) is 6.58 Å². The minimum Gasteiger partial charge on any atom is -0.509 e. The van der Waals surface area contributed by atoms with Crippen molar-refractivity contribution in [2.75, 3.05) is 0 Å². The molecule has 1 fully saturated rings. The van der Waals surface area contributed by atoms with E-state index in [1.165, 1.54) is 0 Å². The Kier molecular flexibility index (Phi) is 6.72. The topological polar surface area (TPSA) is 58.9 Å². The molecule has 20 heavy (non-hydrogen) atoms. The number of hydrogen-bond acceptors (Lipinski definition) is 4. The fourth-order valence-corrected chi connectivity index (χ4v) is 2.38. The SMILES string of the molecule is C=C(O)/C=C/CC[C@@H](C)OC1O[C@@H](C)[C@@H](C)[C@@H](O)C1C. The summed E-state index contributed by atoms with van der Waals surface area (Å²) in [5.41, 5.74) is 0. The van der Waals surface area contributed by atoms with Gasteiger partial charge in [0.2, 0.25) is 0 Å². The molecular formula is C16H28O4. The van der Waals surface area contributed by atoms with Crippen molar-refractivity contribution in [1.82, 2.24) is 0 Å². The molecule has 1 aliphatic heterocycles. The lowest BCUT2D eigenvalue weighted by Gasteiger charge is -2.42. The highest BCUT2D eigenvalue weighted by Gasteiger charge is 2.39. The molecule has 1 aliphatic rings. The first-order chi connectivity index (χ1) is 9.32. The highest BCUT2D eigenvalue weighted by Crippen LogP contribution is 2.31. The van der Waals surface area contributed by atoms with Crippen LogP contribution in [0.5, 0.6) is 0 Å². The molecule has 6 atom stereocenters. The second-order valence-electron chi connectivity index (χ2n) is 5.84. The van der Waals surface area contributed by atoms with Crippen LogP contribution in [0.25, 0.3) is 0 Å². The summed E-state index contributed by atoms with van der Waals surface area (Å²) in [5, 5.41) is 19.1. The third-order valence-corrected chi connectivity index (χ3v) is 4.01. The second-order valence-corrected chi connectivity index (χ2v) is 5.84. The van der Waals surface area contributed by atoms with Gasteiger partial charge in [0.15, 0.2) is 6.29 Å². The van der Waals surface area contributed by atoms with Crippen LogP contribution in [-0.4, -0.2) is 34.8 Å². The van der Waals surface area contributed by atoms with Crippen molar-refractivity contribution in [2.45, 2.75) is 65.1 Å². The second kappa shape index (κ2) is 7.81. The van der Waals surface area contributed by atoms with Crippen LogP contribution in [-0.2, 0) is 9.47 Å². The maximum Gasteiger partial charge on any atom is 0.163 e. The average molecular weight is 284 g/mol. The fourth-order valence-electron chi connectivity index (χ4n) is 2.38. The first kappa shape index (κ1) is 17.2. The van der Waals surface area contributed by atoms with Crippen molar-refractivity contribution in [2.24, 2.45) is 11.8 Å². The third-order valence-electron chi connectivity index (χ3n) is 4.01. The minimum atomic E-state index is -0.395. The van der Waals surface area contributed by atoms with Crippen LogP contribution in [0.3, 0.4) is 0 Å².